The number of unbranched alkanes of at least 4 members (excludes halogenated alkanes) is 2. The second-order valence-electron chi connectivity index (χ2n) is 6.61. The summed E-state index contributed by atoms with van der Waals surface area (Å²) in [5, 5.41) is 0. The van der Waals surface area contributed by atoms with Crippen molar-refractivity contribution >= 4 is 21.9 Å². The molecule has 1 aromatic rings. The van der Waals surface area contributed by atoms with Crippen molar-refractivity contribution in [3.8, 4) is 5.75 Å². The summed E-state index contributed by atoms with van der Waals surface area (Å²) in [4.78, 5) is 11.7. The third-order valence-electron chi connectivity index (χ3n) is 4.35. The van der Waals surface area contributed by atoms with Crippen LogP contribution in [0.2, 0.25) is 0 Å². The molecule has 2 rings (SSSR count). The van der Waals surface area contributed by atoms with E-state index in [2.05, 4.69) is 22.9 Å². The smallest absolute Gasteiger partial charge is 0.325 e. The van der Waals surface area contributed by atoms with Crippen molar-refractivity contribution in [2.24, 2.45) is 5.92 Å². The van der Waals surface area contributed by atoms with Gasteiger partial charge in [0.05, 0.1) is 13.2 Å². The van der Waals surface area contributed by atoms with Crippen LogP contribution in [0, 0.1) is 5.92 Å². The molecule has 1 heterocycles. The highest BCUT2D eigenvalue weighted by Gasteiger charge is 2.23. The zero-order chi connectivity index (χ0) is 18.1. The minimum Gasteiger partial charge on any atom is -0.426 e. The molecular formula is C20H29BrO4. The van der Waals surface area contributed by atoms with E-state index in [1.54, 1.807) is 12.1 Å². The van der Waals surface area contributed by atoms with Gasteiger partial charge in [0.15, 0.2) is 6.29 Å². The lowest BCUT2D eigenvalue weighted by molar-refractivity contribution is -0.206. The van der Waals surface area contributed by atoms with Gasteiger partial charge in [0, 0.05) is 11.5 Å². The lowest BCUT2D eigenvalue weighted by Crippen LogP contribution is -2.27. The van der Waals surface area contributed by atoms with Crippen LogP contribution in [0.15, 0.2) is 24.3 Å². The Morgan fingerprint density at radius 1 is 1.16 bits per heavy atom. The predicted molar refractivity (Wildman–Crippen MR) is 102 cm³/mol. The minimum absolute atomic E-state index is 0.255. The van der Waals surface area contributed by atoms with Gasteiger partial charge in [0.25, 0.3) is 0 Å². The molecule has 1 fully saturated rings. The third-order valence-corrected chi connectivity index (χ3v) is 5.18. The standard InChI is InChI=1S/C20H29BrO4/c1-3-5-6-8-15-13-23-20(24-14-15)16-9-11-17(12-10-16)25-19(22)18(21)7-4-2/h9-12,15,18,20H,3-8,13-14H2,1-2H3. The fraction of sp³-hybridized carbons (Fsp3) is 0.650. The molecule has 0 bridgehead atoms. The molecule has 1 aliphatic rings. The highest BCUT2D eigenvalue weighted by molar-refractivity contribution is 9.10. The number of carbonyl (C=O) groups excluding carboxylic acids is 1. The molecule has 0 aromatic heterocycles. The van der Waals surface area contributed by atoms with Crippen molar-refractivity contribution in [1.29, 1.82) is 0 Å². The van der Waals surface area contributed by atoms with Crippen LogP contribution in [0.3, 0.4) is 0 Å². The molecule has 1 aliphatic heterocycles. The normalized spacial score (nSPS) is 21.7. The molecule has 1 saturated heterocycles. The molecule has 1 atom stereocenters. The Morgan fingerprint density at radius 3 is 2.44 bits per heavy atom. The second kappa shape index (κ2) is 10.9. The fourth-order valence-corrected chi connectivity index (χ4v) is 3.38. The average molecular weight is 413 g/mol. The Labute approximate surface area is 159 Å². The number of hydrogen-bond donors (Lipinski definition) is 0. The first kappa shape index (κ1) is 20.4. The van der Waals surface area contributed by atoms with E-state index in [1.165, 1.54) is 25.7 Å². The van der Waals surface area contributed by atoms with Crippen molar-refractivity contribution in [2.45, 2.75) is 63.5 Å². The van der Waals surface area contributed by atoms with Gasteiger partial charge < -0.3 is 14.2 Å². The van der Waals surface area contributed by atoms with Crippen LogP contribution in [-0.2, 0) is 14.3 Å². The van der Waals surface area contributed by atoms with E-state index in [-0.39, 0.29) is 17.1 Å². The van der Waals surface area contributed by atoms with Gasteiger partial charge in [-0.2, -0.15) is 0 Å². The molecular weight excluding hydrogens is 384 g/mol. The summed E-state index contributed by atoms with van der Waals surface area (Å²) in [6.07, 6.45) is 6.29. The molecule has 0 saturated carbocycles. The minimum atomic E-state index is -0.323. The maximum Gasteiger partial charge on any atom is 0.325 e. The Kier molecular flexibility index (Phi) is 8.93. The van der Waals surface area contributed by atoms with Gasteiger partial charge in [-0.05, 0) is 25.0 Å². The van der Waals surface area contributed by atoms with Crippen LogP contribution >= 0.6 is 15.9 Å². The molecule has 1 unspecified atom stereocenters. The number of halogens is 1. The van der Waals surface area contributed by atoms with Crippen LogP contribution in [-0.4, -0.2) is 24.0 Å². The first-order valence-electron chi connectivity index (χ1n) is 9.33. The SMILES string of the molecule is CCCCCC1COC(c2ccc(OC(=O)C(Br)CCC)cc2)OC1. The summed E-state index contributed by atoms with van der Waals surface area (Å²) in [5.41, 5.74) is 0.954. The molecule has 1 aromatic carbocycles. The van der Waals surface area contributed by atoms with Crippen molar-refractivity contribution in [3.63, 3.8) is 0 Å². The van der Waals surface area contributed by atoms with E-state index in [9.17, 15) is 4.79 Å². The zero-order valence-corrected chi connectivity index (χ0v) is 16.8. The van der Waals surface area contributed by atoms with Gasteiger partial charge in [0.1, 0.15) is 10.6 Å². The van der Waals surface area contributed by atoms with Gasteiger partial charge in [-0.15, -0.1) is 0 Å². The number of benzene rings is 1. The predicted octanol–water partition coefficient (Wildman–Crippen LogP) is 5.40. The molecule has 0 spiro atoms. The van der Waals surface area contributed by atoms with E-state index in [0.29, 0.717) is 11.7 Å². The summed E-state index contributed by atoms with van der Waals surface area (Å²) in [5.74, 6) is 0.787. The highest BCUT2D eigenvalue weighted by Crippen LogP contribution is 2.28. The number of carbonyl (C=O) groups is 1. The van der Waals surface area contributed by atoms with E-state index in [0.717, 1.165) is 31.6 Å². The third kappa shape index (κ3) is 6.72. The van der Waals surface area contributed by atoms with Crippen molar-refractivity contribution in [3.05, 3.63) is 29.8 Å². The topological polar surface area (TPSA) is 44.8 Å². The average Bonchev–Trinajstić information content (AvgIpc) is 2.63. The Bertz CT molecular complexity index is 509. The van der Waals surface area contributed by atoms with Crippen LogP contribution in [0.1, 0.15) is 64.2 Å². The Morgan fingerprint density at radius 2 is 1.84 bits per heavy atom. The van der Waals surface area contributed by atoms with Crippen molar-refractivity contribution < 1.29 is 19.0 Å². The molecule has 0 aliphatic carbocycles. The lowest BCUT2D eigenvalue weighted by Gasteiger charge is -2.29. The number of rotatable bonds is 9. The monoisotopic (exact) mass is 412 g/mol. The highest BCUT2D eigenvalue weighted by atomic mass is 79.9. The van der Waals surface area contributed by atoms with Gasteiger partial charge in [0.2, 0.25) is 0 Å². The number of esters is 1. The summed E-state index contributed by atoms with van der Waals surface area (Å²) >= 11 is 3.35. The molecule has 4 nitrogen and oxygen atoms in total. The Hall–Kier alpha value is -0.910. The van der Waals surface area contributed by atoms with Crippen molar-refractivity contribution in [2.75, 3.05) is 13.2 Å². The Balaban J connectivity index is 1.79. The van der Waals surface area contributed by atoms with Crippen LogP contribution in [0.25, 0.3) is 0 Å². The maximum absolute atomic E-state index is 11.9. The number of hydrogen-bond acceptors (Lipinski definition) is 4. The van der Waals surface area contributed by atoms with Gasteiger partial charge in [-0.1, -0.05) is 67.6 Å². The molecule has 25 heavy (non-hydrogen) atoms. The van der Waals surface area contributed by atoms with E-state index >= 15 is 0 Å². The first-order chi connectivity index (χ1) is 12.1. The molecule has 140 valence electrons. The van der Waals surface area contributed by atoms with Gasteiger partial charge >= 0.3 is 5.97 Å². The lowest BCUT2D eigenvalue weighted by atomic mass is 10.0. The van der Waals surface area contributed by atoms with E-state index in [4.69, 9.17) is 14.2 Å². The van der Waals surface area contributed by atoms with Crippen LogP contribution < -0.4 is 4.74 Å². The quantitative estimate of drug-likeness (QED) is 0.235. The first-order valence-corrected chi connectivity index (χ1v) is 10.2. The summed E-state index contributed by atoms with van der Waals surface area (Å²) < 4.78 is 17.1. The summed E-state index contributed by atoms with van der Waals surface area (Å²) in [6, 6.07) is 7.37. The second-order valence-corrected chi connectivity index (χ2v) is 7.71. The fourth-order valence-electron chi connectivity index (χ4n) is 2.83. The summed E-state index contributed by atoms with van der Waals surface area (Å²) in [6.45, 7) is 5.74. The van der Waals surface area contributed by atoms with Gasteiger partial charge in [-0.25, -0.2) is 0 Å². The molecule has 0 radical (unpaired) electrons. The van der Waals surface area contributed by atoms with Crippen LogP contribution in [0.4, 0.5) is 0 Å². The molecule has 5 heteroatoms. The van der Waals surface area contributed by atoms with Crippen molar-refractivity contribution in [1.82, 2.24) is 0 Å². The van der Waals surface area contributed by atoms with E-state index in [1.807, 2.05) is 19.1 Å². The maximum atomic E-state index is 11.9. The van der Waals surface area contributed by atoms with Gasteiger partial charge in [-0.3, -0.25) is 4.79 Å². The zero-order valence-electron chi connectivity index (χ0n) is 15.2. The summed E-state index contributed by atoms with van der Waals surface area (Å²) in [7, 11) is 0. The number of alkyl halides is 1. The number of ether oxygens (including phenoxy) is 3. The molecule has 0 N–H and O–H groups in total. The van der Waals surface area contributed by atoms with E-state index < -0.39 is 0 Å². The van der Waals surface area contributed by atoms with Crippen LogP contribution in [0.5, 0.6) is 5.75 Å². The largest absolute Gasteiger partial charge is 0.426 e. The molecule has 0 amide bonds.